The van der Waals surface area contributed by atoms with Crippen molar-refractivity contribution in [3.8, 4) is 0 Å². The molecule has 0 spiro atoms. The maximum absolute atomic E-state index is 11.7. The zero-order valence-electron chi connectivity index (χ0n) is 11.1. The Morgan fingerprint density at radius 3 is 2.75 bits per heavy atom. The van der Waals surface area contributed by atoms with Gasteiger partial charge in [-0.2, -0.15) is 0 Å². The highest BCUT2D eigenvalue weighted by atomic mass is 35.5. The van der Waals surface area contributed by atoms with Gasteiger partial charge in [0.15, 0.2) is 0 Å². The number of benzene rings is 1. The summed E-state index contributed by atoms with van der Waals surface area (Å²) in [6, 6.07) is 7.59. The molecule has 2 rings (SSSR count). The second-order valence-corrected chi connectivity index (χ2v) is 6.06. The molecule has 0 aliphatic carbocycles. The number of amides is 2. The molecular formula is C14H17ClN2O2S. The number of hydrogen-bond acceptors (Lipinski definition) is 3. The molecule has 1 aromatic rings. The Morgan fingerprint density at radius 1 is 1.35 bits per heavy atom. The van der Waals surface area contributed by atoms with Crippen LogP contribution in [0.2, 0.25) is 5.02 Å². The van der Waals surface area contributed by atoms with Crippen molar-refractivity contribution in [1.82, 2.24) is 10.2 Å². The number of carbonyl (C=O) groups excluding carboxylic acids is 2. The number of halogens is 1. The molecule has 1 aromatic carbocycles. The molecule has 2 amide bonds. The van der Waals surface area contributed by atoms with Crippen molar-refractivity contribution in [3.63, 3.8) is 0 Å². The Hall–Kier alpha value is -1.20. The molecular weight excluding hydrogens is 296 g/mol. The molecule has 0 saturated carbocycles. The Labute approximate surface area is 127 Å². The summed E-state index contributed by atoms with van der Waals surface area (Å²) < 4.78 is 0. The third-order valence-corrected chi connectivity index (χ3v) is 4.25. The lowest BCUT2D eigenvalue weighted by molar-refractivity contribution is -0.121. The van der Waals surface area contributed by atoms with Crippen LogP contribution in [0.25, 0.3) is 0 Å². The molecule has 1 aliphatic rings. The summed E-state index contributed by atoms with van der Waals surface area (Å²) in [5, 5.41) is 3.66. The van der Waals surface area contributed by atoms with Crippen molar-refractivity contribution in [2.24, 2.45) is 0 Å². The van der Waals surface area contributed by atoms with Gasteiger partial charge in [0, 0.05) is 36.8 Å². The summed E-state index contributed by atoms with van der Waals surface area (Å²) in [5.41, 5.74) is 1.14. The van der Waals surface area contributed by atoms with Crippen molar-refractivity contribution >= 4 is 34.5 Å². The Bertz CT molecular complexity index is 479. The van der Waals surface area contributed by atoms with E-state index < -0.39 is 0 Å². The Morgan fingerprint density at radius 2 is 2.10 bits per heavy atom. The molecule has 4 nitrogen and oxygen atoms in total. The molecule has 0 radical (unpaired) electrons. The number of rotatable bonds is 6. The summed E-state index contributed by atoms with van der Waals surface area (Å²) in [6.07, 6.45) is 1.15. The fourth-order valence-electron chi connectivity index (χ4n) is 1.95. The van der Waals surface area contributed by atoms with Crippen LogP contribution in [0.1, 0.15) is 12.0 Å². The molecule has 20 heavy (non-hydrogen) atoms. The van der Waals surface area contributed by atoms with Gasteiger partial charge in [-0.3, -0.25) is 9.59 Å². The summed E-state index contributed by atoms with van der Waals surface area (Å²) in [6.45, 7) is 1.86. The Kier molecular flexibility index (Phi) is 5.73. The standard InChI is InChI=1S/C14H17ClN2O2S/c15-12-3-1-11(2-4-12)5-7-16-13(18)6-8-17-9-10-20-14(17)19/h1-4H,5-10H2,(H,16,18). The van der Waals surface area contributed by atoms with Gasteiger partial charge >= 0.3 is 0 Å². The van der Waals surface area contributed by atoms with Crippen molar-refractivity contribution < 1.29 is 9.59 Å². The zero-order chi connectivity index (χ0) is 14.4. The molecule has 0 bridgehead atoms. The number of carbonyl (C=O) groups is 2. The molecule has 108 valence electrons. The van der Waals surface area contributed by atoms with Gasteiger partial charge in [0.1, 0.15) is 0 Å². The van der Waals surface area contributed by atoms with E-state index in [0.29, 0.717) is 24.5 Å². The first-order chi connectivity index (χ1) is 9.65. The second kappa shape index (κ2) is 7.55. The van der Waals surface area contributed by atoms with Gasteiger partial charge in [-0.25, -0.2) is 0 Å². The first kappa shape index (κ1) is 15.2. The van der Waals surface area contributed by atoms with Gasteiger partial charge in [0.05, 0.1) is 0 Å². The Balaban J connectivity index is 1.62. The van der Waals surface area contributed by atoms with E-state index >= 15 is 0 Å². The number of hydrogen-bond donors (Lipinski definition) is 1. The average Bonchev–Trinajstić information content (AvgIpc) is 2.84. The first-order valence-electron chi connectivity index (χ1n) is 6.58. The minimum absolute atomic E-state index is 0.0105. The monoisotopic (exact) mass is 312 g/mol. The molecule has 1 fully saturated rings. The van der Waals surface area contributed by atoms with Gasteiger partial charge in [0.25, 0.3) is 5.24 Å². The summed E-state index contributed by atoms with van der Waals surface area (Å²) in [5.74, 6) is 0.820. The highest BCUT2D eigenvalue weighted by Crippen LogP contribution is 2.16. The lowest BCUT2D eigenvalue weighted by Crippen LogP contribution is -2.31. The van der Waals surface area contributed by atoms with Crippen LogP contribution in [-0.4, -0.2) is 41.4 Å². The average molecular weight is 313 g/mol. The van der Waals surface area contributed by atoms with E-state index in [1.54, 1.807) is 4.90 Å². The molecule has 0 atom stereocenters. The predicted molar refractivity (Wildman–Crippen MR) is 82.2 cm³/mol. The molecule has 0 unspecified atom stereocenters. The largest absolute Gasteiger partial charge is 0.356 e. The van der Waals surface area contributed by atoms with Crippen molar-refractivity contribution in [2.45, 2.75) is 12.8 Å². The fourth-order valence-corrected chi connectivity index (χ4v) is 2.93. The van der Waals surface area contributed by atoms with E-state index in [-0.39, 0.29) is 11.1 Å². The van der Waals surface area contributed by atoms with Gasteiger partial charge in [-0.1, -0.05) is 35.5 Å². The smallest absolute Gasteiger partial charge is 0.281 e. The molecule has 0 aromatic heterocycles. The van der Waals surface area contributed by atoms with E-state index in [4.69, 9.17) is 11.6 Å². The number of nitrogens with one attached hydrogen (secondary N) is 1. The molecule has 1 aliphatic heterocycles. The van der Waals surface area contributed by atoms with Gasteiger partial charge in [-0.15, -0.1) is 0 Å². The van der Waals surface area contributed by atoms with Crippen molar-refractivity contribution in [2.75, 3.05) is 25.4 Å². The highest BCUT2D eigenvalue weighted by Gasteiger charge is 2.21. The van der Waals surface area contributed by atoms with Crippen LogP contribution in [-0.2, 0) is 11.2 Å². The number of thioether (sulfide) groups is 1. The lowest BCUT2D eigenvalue weighted by Gasteiger charge is -2.13. The predicted octanol–water partition coefficient (Wildman–Crippen LogP) is 2.56. The van der Waals surface area contributed by atoms with E-state index in [2.05, 4.69) is 5.32 Å². The molecule has 1 saturated heterocycles. The van der Waals surface area contributed by atoms with Crippen LogP contribution in [0.4, 0.5) is 4.79 Å². The normalized spacial score (nSPS) is 14.7. The van der Waals surface area contributed by atoms with E-state index in [1.165, 1.54) is 11.8 Å². The fraction of sp³-hybridized carbons (Fsp3) is 0.429. The van der Waals surface area contributed by atoms with Crippen LogP contribution in [0, 0.1) is 0 Å². The minimum atomic E-state index is -0.0105. The van der Waals surface area contributed by atoms with Crippen LogP contribution < -0.4 is 5.32 Å². The quantitative estimate of drug-likeness (QED) is 0.878. The maximum Gasteiger partial charge on any atom is 0.281 e. The van der Waals surface area contributed by atoms with Crippen LogP contribution >= 0.6 is 23.4 Å². The van der Waals surface area contributed by atoms with Crippen molar-refractivity contribution in [3.05, 3.63) is 34.9 Å². The van der Waals surface area contributed by atoms with E-state index in [1.807, 2.05) is 24.3 Å². The van der Waals surface area contributed by atoms with Gasteiger partial charge < -0.3 is 10.2 Å². The molecule has 1 heterocycles. The lowest BCUT2D eigenvalue weighted by atomic mass is 10.1. The highest BCUT2D eigenvalue weighted by molar-refractivity contribution is 8.13. The van der Waals surface area contributed by atoms with Crippen LogP contribution in [0.5, 0.6) is 0 Å². The molecule has 6 heteroatoms. The van der Waals surface area contributed by atoms with Crippen LogP contribution in [0.15, 0.2) is 24.3 Å². The first-order valence-corrected chi connectivity index (χ1v) is 7.94. The second-order valence-electron chi connectivity index (χ2n) is 4.58. The third-order valence-electron chi connectivity index (χ3n) is 3.10. The zero-order valence-corrected chi connectivity index (χ0v) is 12.7. The third kappa shape index (κ3) is 4.72. The SMILES string of the molecule is O=C(CCN1CCSC1=O)NCCc1ccc(Cl)cc1. The molecule has 1 N–H and O–H groups in total. The topological polar surface area (TPSA) is 49.4 Å². The van der Waals surface area contributed by atoms with E-state index in [0.717, 1.165) is 24.3 Å². The minimum Gasteiger partial charge on any atom is -0.356 e. The number of nitrogens with zero attached hydrogens (tertiary/aromatic N) is 1. The van der Waals surface area contributed by atoms with Crippen molar-refractivity contribution in [1.29, 1.82) is 0 Å². The summed E-state index contributed by atoms with van der Waals surface area (Å²) in [4.78, 5) is 24.8. The summed E-state index contributed by atoms with van der Waals surface area (Å²) in [7, 11) is 0. The maximum atomic E-state index is 11.7. The van der Waals surface area contributed by atoms with Gasteiger partial charge in [0.2, 0.25) is 5.91 Å². The van der Waals surface area contributed by atoms with E-state index in [9.17, 15) is 9.59 Å². The summed E-state index contributed by atoms with van der Waals surface area (Å²) >= 11 is 7.13. The van der Waals surface area contributed by atoms with Gasteiger partial charge in [-0.05, 0) is 24.1 Å². The van der Waals surface area contributed by atoms with Crippen LogP contribution in [0.3, 0.4) is 0 Å².